The number of nitrogens with one attached hydrogen (secondary N) is 2. The molecular formula is C21H22N2O3. The maximum Gasteiger partial charge on any atom is 0.248 e. The third-order valence-corrected chi connectivity index (χ3v) is 4.28. The molecule has 0 saturated carbocycles. The summed E-state index contributed by atoms with van der Waals surface area (Å²) in [5.41, 5.74) is 3.11. The lowest BCUT2D eigenvalue weighted by Gasteiger charge is -2.11. The molecule has 0 aliphatic heterocycles. The zero-order valence-corrected chi connectivity index (χ0v) is 15.1. The van der Waals surface area contributed by atoms with Crippen LogP contribution in [-0.2, 0) is 11.2 Å². The minimum absolute atomic E-state index is 0.125. The lowest BCUT2D eigenvalue weighted by molar-refractivity contribution is -0.115. The second-order valence-corrected chi connectivity index (χ2v) is 6.58. The number of benzene rings is 2. The Morgan fingerprint density at radius 1 is 1.15 bits per heavy atom. The van der Waals surface area contributed by atoms with Crippen molar-refractivity contribution in [3.63, 3.8) is 0 Å². The minimum Gasteiger partial charge on any atom is -0.497 e. The van der Waals surface area contributed by atoms with Gasteiger partial charge in [0.1, 0.15) is 5.75 Å². The molecule has 3 rings (SSSR count). The van der Waals surface area contributed by atoms with Crippen molar-refractivity contribution in [1.82, 2.24) is 4.98 Å². The number of rotatable bonds is 5. The van der Waals surface area contributed by atoms with Crippen LogP contribution in [-0.4, -0.2) is 18.0 Å². The average Bonchev–Trinajstić information content (AvgIpc) is 2.60. The van der Waals surface area contributed by atoms with E-state index in [4.69, 9.17) is 4.74 Å². The quantitative estimate of drug-likeness (QED) is 0.734. The van der Waals surface area contributed by atoms with Gasteiger partial charge in [0.25, 0.3) is 0 Å². The Morgan fingerprint density at radius 3 is 2.69 bits per heavy atom. The molecule has 1 amide bonds. The van der Waals surface area contributed by atoms with Gasteiger partial charge in [-0.15, -0.1) is 0 Å². The summed E-state index contributed by atoms with van der Waals surface area (Å²) >= 11 is 0. The number of amides is 1. The molecule has 0 aliphatic rings. The zero-order chi connectivity index (χ0) is 18.7. The number of fused-ring (bicyclic) bond motifs is 1. The zero-order valence-electron chi connectivity index (χ0n) is 15.1. The van der Waals surface area contributed by atoms with Crippen LogP contribution >= 0.6 is 0 Å². The molecule has 5 heteroatoms. The molecule has 2 aromatic carbocycles. The van der Waals surface area contributed by atoms with E-state index < -0.39 is 0 Å². The predicted molar refractivity (Wildman–Crippen MR) is 104 cm³/mol. The molecule has 0 unspecified atom stereocenters. The summed E-state index contributed by atoms with van der Waals surface area (Å²) < 4.78 is 5.18. The van der Waals surface area contributed by atoms with E-state index in [1.807, 2.05) is 36.4 Å². The van der Waals surface area contributed by atoms with Gasteiger partial charge in [0, 0.05) is 17.1 Å². The topological polar surface area (TPSA) is 71.2 Å². The number of hydrogen-bond donors (Lipinski definition) is 2. The summed E-state index contributed by atoms with van der Waals surface area (Å²) in [6.45, 7) is 4.11. The van der Waals surface area contributed by atoms with Gasteiger partial charge >= 0.3 is 0 Å². The van der Waals surface area contributed by atoms with E-state index in [0.717, 1.165) is 27.8 Å². The Bertz CT molecular complexity index is 1010. The molecule has 0 bridgehead atoms. The first-order valence-corrected chi connectivity index (χ1v) is 8.56. The maximum absolute atomic E-state index is 12.3. The lowest BCUT2D eigenvalue weighted by atomic mass is 9.99. The highest BCUT2D eigenvalue weighted by Crippen LogP contribution is 2.25. The number of methoxy groups -OCH3 is 1. The molecule has 0 saturated heterocycles. The highest BCUT2D eigenvalue weighted by atomic mass is 16.5. The number of ether oxygens (including phenoxy) is 1. The van der Waals surface area contributed by atoms with Gasteiger partial charge in [-0.25, -0.2) is 0 Å². The van der Waals surface area contributed by atoms with Gasteiger partial charge in [-0.3, -0.25) is 9.59 Å². The number of hydrogen-bond acceptors (Lipinski definition) is 3. The van der Waals surface area contributed by atoms with E-state index in [2.05, 4.69) is 24.1 Å². The fraction of sp³-hybridized carbons (Fsp3) is 0.238. The van der Waals surface area contributed by atoms with Crippen LogP contribution in [0.25, 0.3) is 10.9 Å². The Balaban J connectivity index is 1.82. The van der Waals surface area contributed by atoms with Crippen molar-refractivity contribution >= 4 is 22.5 Å². The Labute approximate surface area is 152 Å². The number of H-pyrrole nitrogens is 1. The van der Waals surface area contributed by atoms with Crippen LogP contribution in [0.1, 0.15) is 30.9 Å². The molecule has 0 aliphatic carbocycles. The number of aromatic amines is 1. The first-order chi connectivity index (χ1) is 12.5. The average molecular weight is 350 g/mol. The molecule has 2 N–H and O–H groups in total. The normalized spacial score (nSPS) is 10.9. The molecule has 1 aromatic heterocycles. The van der Waals surface area contributed by atoms with E-state index in [0.29, 0.717) is 5.69 Å². The van der Waals surface area contributed by atoms with E-state index >= 15 is 0 Å². The summed E-state index contributed by atoms with van der Waals surface area (Å²) in [7, 11) is 1.60. The van der Waals surface area contributed by atoms with Gasteiger partial charge in [-0.2, -0.15) is 0 Å². The largest absolute Gasteiger partial charge is 0.497 e. The van der Waals surface area contributed by atoms with E-state index in [9.17, 15) is 9.59 Å². The van der Waals surface area contributed by atoms with Crippen molar-refractivity contribution in [3.05, 3.63) is 70.0 Å². The smallest absolute Gasteiger partial charge is 0.248 e. The summed E-state index contributed by atoms with van der Waals surface area (Å²) in [5.74, 6) is 0.841. The van der Waals surface area contributed by atoms with Gasteiger partial charge in [0.05, 0.1) is 19.0 Å². The van der Waals surface area contributed by atoms with Crippen molar-refractivity contribution in [2.24, 2.45) is 0 Å². The summed E-state index contributed by atoms with van der Waals surface area (Å²) in [4.78, 5) is 27.1. The molecule has 1 heterocycles. The van der Waals surface area contributed by atoms with Crippen LogP contribution in [0.5, 0.6) is 5.75 Å². The molecule has 134 valence electrons. The van der Waals surface area contributed by atoms with Crippen molar-refractivity contribution in [2.75, 3.05) is 12.4 Å². The molecule has 5 nitrogen and oxygen atoms in total. The maximum atomic E-state index is 12.3. The standard InChI is InChI=1S/C21H22N2O3/c1-13(2)18-12-21(25)23-19-11-15(7-8-17(18)19)22-20(24)10-14-5-4-6-16(9-14)26-3/h4-9,11-13H,10H2,1-3H3,(H,22,24)(H,23,25). The van der Waals surface area contributed by atoms with Crippen LogP contribution in [0.15, 0.2) is 53.3 Å². The first-order valence-electron chi connectivity index (χ1n) is 8.56. The summed E-state index contributed by atoms with van der Waals surface area (Å²) in [6.07, 6.45) is 0.248. The first kappa shape index (κ1) is 17.7. The van der Waals surface area contributed by atoms with Gasteiger partial charge < -0.3 is 15.0 Å². The van der Waals surface area contributed by atoms with Crippen molar-refractivity contribution in [3.8, 4) is 5.75 Å². The molecular weight excluding hydrogens is 328 g/mol. The third-order valence-electron chi connectivity index (χ3n) is 4.28. The van der Waals surface area contributed by atoms with Gasteiger partial charge in [0.15, 0.2) is 0 Å². The number of carbonyl (C=O) groups is 1. The SMILES string of the molecule is COc1cccc(CC(=O)Nc2ccc3c(C(C)C)cc(=O)[nH]c3c2)c1. The lowest BCUT2D eigenvalue weighted by Crippen LogP contribution is -2.15. The second-order valence-electron chi connectivity index (χ2n) is 6.58. The van der Waals surface area contributed by atoms with Crippen LogP contribution < -0.4 is 15.6 Å². The summed E-state index contributed by atoms with van der Waals surface area (Å²) in [5, 5.41) is 3.88. The monoisotopic (exact) mass is 350 g/mol. The molecule has 0 atom stereocenters. The highest BCUT2D eigenvalue weighted by Gasteiger charge is 2.10. The Morgan fingerprint density at radius 2 is 1.96 bits per heavy atom. The highest BCUT2D eigenvalue weighted by molar-refractivity contribution is 5.95. The number of anilines is 1. The molecule has 0 fully saturated rings. The van der Waals surface area contributed by atoms with E-state index in [1.54, 1.807) is 19.2 Å². The Kier molecular flexibility index (Phi) is 5.07. The van der Waals surface area contributed by atoms with Crippen LogP contribution in [0.3, 0.4) is 0 Å². The molecule has 0 radical (unpaired) electrons. The van der Waals surface area contributed by atoms with Gasteiger partial charge in [-0.05, 0) is 41.3 Å². The van der Waals surface area contributed by atoms with Crippen molar-refractivity contribution in [2.45, 2.75) is 26.2 Å². The number of carbonyl (C=O) groups excluding carboxylic acids is 1. The van der Waals surface area contributed by atoms with Gasteiger partial charge in [0.2, 0.25) is 11.5 Å². The Hall–Kier alpha value is -3.08. The fourth-order valence-corrected chi connectivity index (χ4v) is 3.02. The van der Waals surface area contributed by atoms with Crippen LogP contribution in [0.2, 0.25) is 0 Å². The molecule has 3 aromatic rings. The van der Waals surface area contributed by atoms with Crippen molar-refractivity contribution < 1.29 is 9.53 Å². The number of pyridine rings is 1. The molecule has 26 heavy (non-hydrogen) atoms. The van der Waals surface area contributed by atoms with Crippen LogP contribution in [0.4, 0.5) is 5.69 Å². The second kappa shape index (κ2) is 7.44. The fourth-order valence-electron chi connectivity index (χ4n) is 3.02. The van der Waals surface area contributed by atoms with Crippen LogP contribution in [0, 0.1) is 0 Å². The number of aromatic nitrogens is 1. The van der Waals surface area contributed by atoms with E-state index in [1.165, 1.54) is 0 Å². The third kappa shape index (κ3) is 3.94. The van der Waals surface area contributed by atoms with Gasteiger partial charge in [-0.1, -0.05) is 32.0 Å². The predicted octanol–water partition coefficient (Wildman–Crippen LogP) is 3.84. The summed E-state index contributed by atoms with van der Waals surface area (Å²) in [6, 6.07) is 14.6. The van der Waals surface area contributed by atoms with E-state index in [-0.39, 0.29) is 23.8 Å². The minimum atomic E-state index is -0.138. The van der Waals surface area contributed by atoms with Crippen molar-refractivity contribution in [1.29, 1.82) is 0 Å². The molecule has 0 spiro atoms.